The Morgan fingerprint density at radius 3 is 2.53 bits per heavy atom. The lowest BCUT2D eigenvalue weighted by molar-refractivity contribution is -0.122. The second-order valence-corrected chi connectivity index (χ2v) is 10.0. The molecule has 3 aliphatic rings. The molecule has 0 radical (unpaired) electrons. The number of fused-ring (bicyclic) bond motifs is 5. The number of hydrogen-bond acceptors (Lipinski definition) is 4. The summed E-state index contributed by atoms with van der Waals surface area (Å²) in [7, 11) is 0. The minimum atomic E-state index is -0.852. The van der Waals surface area contributed by atoms with Gasteiger partial charge in [0.2, 0.25) is 0 Å². The molecule has 2 fully saturated rings. The highest BCUT2D eigenvalue weighted by Crippen LogP contribution is 2.65. The number of hydrogen-bond donors (Lipinski definition) is 3. The van der Waals surface area contributed by atoms with Crippen LogP contribution in [-0.2, 0) is 6.42 Å². The Labute approximate surface area is 178 Å². The van der Waals surface area contributed by atoms with E-state index in [0.29, 0.717) is 29.3 Å². The highest BCUT2D eigenvalue weighted by Gasteiger charge is 2.62. The molecule has 0 saturated heterocycles. The first kappa shape index (κ1) is 19.7. The number of aryl methyl sites for hydroxylation is 1. The lowest BCUT2D eigenvalue weighted by Gasteiger charge is -2.53. The quantitative estimate of drug-likeness (QED) is 0.663. The summed E-state index contributed by atoms with van der Waals surface area (Å²) in [5.41, 5.74) is 2.80. The summed E-state index contributed by atoms with van der Waals surface area (Å²) >= 11 is 0. The lowest BCUT2D eigenvalue weighted by atomic mass is 9.53. The molecular formula is C26H32O4. The second kappa shape index (κ2) is 6.91. The van der Waals surface area contributed by atoms with E-state index in [2.05, 4.69) is 13.8 Å². The third-order valence-electron chi connectivity index (χ3n) is 8.74. The first-order chi connectivity index (χ1) is 14.3. The van der Waals surface area contributed by atoms with Crippen LogP contribution < -0.4 is 4.74 Å². The highest BCUT2D eigenvalue weighted by molar-refractivity contribution is 5.48. The smallest absolute Gasteiger partial charge is 0.119 e. The van der Waals surface area contributed by atoms with Crippen LogP contribution in [0.15, 0.2) is 36.4 Å². The maximum atomic E-state index is 11.7. The first-order valence-corrected chi connectivity index (χ1v) is 11.3. The molecule has 5 atom stereocenters. The summed E-state index contributed by atoms with van der Waals surface area (Å²) in [5.74, 6) is 2.69. The summed E-state index contributed by atoms with van der Waals surface area (Å²) in [6.45, 7) is 4.69. The molecule has 0 heterocycles. The Hall–Kier alpha value is -2.20. The average Bonchev–Trinajstić information content (AvgIpc) is 3.01. The van der Waals surface area contributed by atoms with Crippen LogP contribution >= 0.6 is 0 Å². The normalized spacial score (nSPS) is 34.7. The van der Waals surface area contributed by atoms with Gasteiger partial charge in [-0.2, -0.15) is 0 Å². The third-order valence-corrected chi connectivity index (χ3v) is 8.74. The van der Waals surface area contributed by atoms with Gasteiger partial charge in [0.25, 0.3) is 0 Å². The fraction of sp³-hybridized carbons (Fsp3) is 0.538. The first-order valence-electron chi connectivity index (χ1n) is 11.3. The molecule has 160 valence electrons. The zero-order chi connectivity index (χ0) is 21.1. The van der Waals surface area contributed by atoms with Crippen molar-refractivity contribution >= 4 is 0 Å². The van der Waals surface area contributed by atoms with E-state index in [-0.39, 0.29) is 17.8 Å². The molecule has 4 nitrogen and oxygen atoms in total. The van der Waals surface area contributed by atoms with Gasteiger partial charge in [0.15, 0.2) is 0 Å². The summed E-state index contributed by atoms with van der Waals surface area (Å²) in [6.07, 6.45) is 5.87. The van der Waals surface area contributed by atoms with E-state index >= 15 is 0 Å². The number of aromatic hydroxyl groups is 2. The molecule has 0 spiro atoms. The summed E-state index contributed by atoms with van der Waals surface area (Å²) in [5, 5.41) is 31.9. The molecule has 0 aromatic heterocycles. The average molecular weight is 409 g/mol. The molecule has 2 saturated carbocycles. The minimum Gasteiger partial charge on any atom is -0.508 e. The molecule has 2 aromatic rings. The van der Waals surface area contributed by atoms with Crippen LogP contribution in [0, 0.1) is 24.2 Å². The van der Waals surface area contributed by atoms with Crippen LogP contribution in [0.25, 0.3) is 0 Å². The van der Waals surface area contributed by atoms with Crippen molar-refractivity contribution in [2.24, 2.45) is 17.3 Å². The molecule has 0 amide bonds. The molecule has 0 aliphatic heterocycles. The zero-order valence-corrected chi connectivity index (χ0v) is 17.9. The predicted molar refractivity (Wildman–Crippen MR) is 116 cm³/mol. The van der Waals surface area contributed by atoms with Crippen LogP contribution in [-0.4, -0.2) is 27.5 Å². The van der Waals surface area contributed by atoms with Crippen molar-refractivity contribution in [3.63, 3.8) is 0 Å². The van der Waals surface area contributed by atoms with Crippen molar-refractivity contribution in [1.82, 2.24) is 0 Å². The standard InChI is InChI=1S/C26H32O4/c1-16-3-10-23(28)24-19(16)8-9-20-21(24)11-13-25(2)22(20)12-14-26(25,29)15-30-18-6-4-17(27)5-7-18/h3-7,10,20-22,27-29H,8-9,11-15H2,1-2H3/t20-,21+,22+,25+,26-/m1/s1. The second-order valence-electron chi connectivity index (χ2n) is 10.0. The van der Waals surface area contributed by atoms with E-state index in [0.717, 1.165) is 38.5 Å². The van der Waals surface area contributed by atoms with Crippen molar-refractivity contribution in [2.45, 2.75) is 63.9 Å². The topological polar surface area (TPSA) is 69.9 Å². The largest absolute Gasteiger partial charge is 0.508 e. The van der Waals surface area contributed by atoms with Gasteiger partial charge >= 0.3 is 0 Å². The Balaban J connectivity index is 1.40. The van der Waals surface area contributed by atoms with Crippen molar-refractivity contribution in [2.75, 3.05) is 6.61 Å². The maximum Gasteiger partial charge on any atom is 0.119 e. The number of phenolic OH excluding ortho intramolecular Hbond substituents is 2. The van der Waals surface area contributed by atoms with Gasteiger partial charge in [-0.05, 0) is 105 Å². The summed E-state index contributed by atoms with van der Waals surface area (Å²) < 4.78 is 5.99. The van der Waals surface area contributed by atoms with Gasteiger partial charge in [0.05, 0.1) is 0 Å². The van der Waals surface area contributed by atoms with E-state index in [1.165, 1.54) is 16.7 Å². The fourth-order valence-corrected chi connectivity index (χ4v) is 6.96. The van der Waals surface area contributed by atoms with E-state index in [4.69, 9.17) is 4.74 Å². The summed E-state index contributed by atoms with van der Waals surface area (Å²) in [4.78, 5) is 0. The van der Waals surface area contributed by atoms with Gasteiger partial charge in [-0.15, -0.1) is 0 Å². The molecule has 2 aromatic carbocycles. The van der Waals surface area contributed by atoms with E-state index in [1.54, 1.807) is 24.3 Å². The molecule has 5 rings (SSSR count). The van der Waals surface area contributed by atoms with Gasteiger partial charge in [-0.1, -0.05) is 13.0 Å². The Bertz CT molecular complexity index is 952. The Kier molecular flexibility index (Phi) is 4.55. The minimum absolute atomic E-state index is 0.179. The number of benzene rings is 2. The predicted octanol–water partition coefficient (Wildman–Crippen LogP) is 5.07. The lowest BCUT2D eigenvalue weighted by Crippen LogP contribution is -2.53. The van der Waals surface area contributed by atoms with Crippen LogP contribution in [0.5, 0.6) is 17.2 Å². The van der Waals surface area contributed by atoms with Crippen LogP contribution in [0.4, 0.5) is 0 Å². The van der Waals surface area contributed by atoms with E-state index < -0.39 is 5.60 Å². The van der Waals surface area contributed by atoms with Gasteiger partial charge in [-0.3, -0.25) is 0 Å². The van der Waals surface area contributed by atoms with E-state index in [1.807, 2.05) is 12.1 Å². The van der Waals surface area contributed by atoms with Gasteiger partial charge < -0.3 is 20.1 Å². The number of rotatable bonds is 3. The van der Waals surface area contributed by atoms with Crippen LogP contribution in [0.2, 0.25) is 0 Å². The Morgan fingerprint density at radius 2 is 1.77 bits per heavy atom. The molecule has 4 heteroatoms. The van der Waals surface area contributed by atoms with Crippen LogP contribution in [0.1, 0.15) is 61.6 Å². The molecule has 30 heavy (non-hydrogen) atoms. The molecule has 0 bridgehead atoms. The van der Waals surface area contributed by atoms with Gasteiger partial charge in [0.1, 0.15) is 29.5 Å². The molecule has 3 aliphatic carbocycles. The highest BCUT2D eigenvalue weighted by atomic mass is 16.5. The van der Waals surface area contributed by atoms with Crippen molar-refractivity contribution < 1.29 is 20.1 Å². The SMILES string of the molecule is Cc1ccc(O)c2c1CC[C@@H]1[C@@H]2CC[C@@]2(C)[C@H]1CC[C@@]2(O)COc1ccc(O)cc1. The van der Waals surface area contributed by atoms with Crippen molar-refractivity contribution in [3.05, 3.63) is 53.1 Å². The Morgan fingerprint density at radius 1 is 1.00 bits per heavy atom. The zero-order valence-electron chi connectivity index (χ0n) is 17.9. The van der Waals surface area contributed by atoms with E-state index in [9.17, 15) is 15.3 Å². The fourth-order valence-electron chi connectivity index (χ4n) is 6.96. The van der Waals surface area contributed by atoms with Gasteiger partial charge in [-0.25, -0.2) is 0 Å². The maximum absolute atomic E-state index is 11.7. The number of phenols is 2. The third kappa shape index (κ3) is 2.84. The van der Waals surface area contributed by atoms with Crippen molar-refractivity contribution in [1.29, 1.82) is 0 Å². The summed E-state index contributed by atoms with van der Waals surface area (Å²) in [6, 6.07) is 10.6. The van der Waals surface area contributed by atoms with Crippen molar-refractivity contribution in [3.8, 4) is 17.2 Å². The molecule has 0 unspecified atom stereocenters. The molecule has 3 N–H and O–H groups in total. The van der Waals surface area contributed by atoms with Gasteiger partial charge in [0, 0.05) is 11.0 Å². The number of aliphatic hydroxyl groups is 1. The number of ether oxygens (including phenoxy) is 1. The van der Waals surface area contributed by atoms with Crippen LogP contribution in [0.3, 0.4) is 0 Å². The monoisotopic (exact) mass is 408 g/mol. The molecular weight excluding hydrogens is 376 g/mol.